The molecular formula is C24H23N7O4. The molecule has 11 heteroatoms. The van der Waals surface area contributed by atoms with Gasteiger partial charge in [0.1, 0.15) is 11.6 Å². The number of hydrogen-bond acceptors (Lipinski definition) is 7. The van der Waals surface area contributed by atoms with Crippen molar-refractivity contribution in [1.29, 1.82) is 0 Å². The molecule has 0 radical (unpaired) electrons. The Labute approximate surface area is 200 Å². The Hall–Kier alpha value is -4.67. The lowest BCUT2D eigenvalue weighted by atomic mass is 10.1. The van der Waals surface area contributed by atoms with Gasteiger partial charge in [0.05, 0.1) is 36.0 Å². The summed E-state index contributed by atoms with van der Waals surface area (Å²) in [5.74, 6) is -0.332. The highest BCUT2D eigenvalue weighted by Crippen LogP contribution is 2.32. The van der Waals surface area contributed by atoms with Crippen molar-refractivity contribution in [2.24, 2.45) is 0 Å². The van der Waals surface area contributed by atoms with Gasteiger partial charge in [-0.3, -0.25) is 14.4 Å². The largest absolute Gasteiger partial charge is 0.494 e. The van der Waals surface area contributed by atoms with Gasteiger partial charge in [-0.1, -0.05) is 18.2 Å². The van der Waals surface area contributed by atoms with Gasteiger partial charge in [-0.15, -0.1) is 0 Å². The van der Waals surface area contributed by atoms with E-state index in [1.165, 1.54) is 35.3 Å². The summed E-state index contributed by atoms with van der Waals surface area (Å²) in [5.41, 5.74) is 7.20. The summed E-state index contributed by atoms with van der Waals surface area (Å²) in [6, 6.07) is 10.6. The molecule has 2 amide bonds. The van der Waals surface area contributed by atoms with Crippen molar-refractivity contribution in [1.82, 2.24) is 29.5 Å². The second kappa shape index (κ2) is 8.93. The molecule has 3 N–H and O–H groups in total. The first-order valence-electron chi connectivity index (χ1n) is 11.0. The van der Waals surface area contributed by atoms with Crippen molar-refractivity contribution in [3.05, 3.63) is 66.1 Å². The van der Waals surface area contributed by atoms with E-state index in [-0.39, 0.29) is 24.6 Å². The highest BCUT2D eigenvalue weighted by atomic mass is 16.5. The van der Waals surface area contributed by atoms with Crippen molar-refractivity contribution >= 4 is 34.3 Å². The number of H-pyrrole nitrogens is 1. The monoisotopic (exact) mass is 473 g/mol. The van der Waals surface area contributed by atoms with E-state index >= 15 is 0 Å². The van der Waals surface area contributed by atoms with Crippen LogP contribution in [0.25, 0.3) is 16.7 Å². The third kappa shape index (κ3) is 3.86. The van der Waals surface area contributed by atoms with Crippen molar-refractivity contribution in [2.45, 2.75) is 0 Å². The number of methoxy groups -OCH3 is 1. The van der Waals surface area contributed by atoms with E-state index in [0.717, 1.165) is 0 Å². The number of piperazine rings is 1. The Bertz CT molecular complexity index is 1420. The molecule has 0 atom stereocenters. The molecule has 4 heterocycles. The van der Waals surface area contributed by atoms with E-state index in [2.05, 4.69) is 15.1 Å². The fourth-order valence-corrected chi connectivity index (χ4v) is 4.22. The number of anilines is 1. The van der Waals surface area contributed by atoms with Crippen molar-refractivity contribution in [3.8, 4) is 11.6 Å². The first-order chi connectivity index (χ1) is 17.0. The molecule has 0 aliphatic carbocycles. The van der Waals surface area contributed by atoms with Gasteiger partial charge >= 0.3 is 0 Å². The predicted octanol–water partition coefficient (Wildman–Crippen LogP) is 1.51. The number of amides is 2. The zero-order valence-corrected chi connectivity index (χ0v) is 19.0. The number of nitrogens with two attached hydrogens (primary N) is 1. The summed E-state index contributed by atoms with van der Waals surface area (Å²) in [5, 5.41) is 4.59. The van der Waals surface area contributed by atoms with Crippen LogP contribution in [-0.4, -0.2) is 80.4 Å². The van der Waals surface area contributed by atoms with Gasteiger partial charge in [-0.05, 0) is 12.1 Å². The topological polar surface area (TPSA) is 139 Å². The Morgan fingerprint density at radius 1 is 1.03 bits per heavy atom. The summed E-state index contributed by atoms with van der Waals surface area (Å²) in [4.78, 5) is 49.6. The molecule has 0 bridgehead atoms. The summed E-state index contributed by atoms with van der Waals surface area (Å²) < 4.78 is 6.85. The smallest absolute Gasteiger partial charge is 0.295 e. The minimum Gasteiger partial charge on any atom is -0.494 e. The Kier molecular flexibility index (Phi) is 5.65. The molecule has 4 aromatic rings. The SMILES string of the molecule is COc1cnc(-n2nccc2N)c2[nH]cc(C(=O)C(=O)N3CCN(C(=O)c4ccccc4)CC3)c12. The number of fused-ring (bicyclic) bond motifs is 1. The number of nitrogens with zero attached hydrogens (tertiary/aromatic N) is 5. The third-order valence-electron chi connectivity index (χ3n) is 6.06. The molecule has 1 saturated heterocycles. The minimum absolute atomic E-state index is 0.0942. The molecule has 11 nitrogen and oxygen atoms in total. The number of aromatic nitrogens is 4. The van der Waals surface area contributed by atoms with E-state index in [1.807, 2.05) is 18.2 Å². The highest BCUT2D eigenvalue weighted by Gasteiger charge is 2.31. The zero-order chi connectivity index (χ0) is 24.5. The Morgan fingerprint density at radius 2 is 1.74 bits per heavy atom. The van der Waals surface area contributed by atoms with Crippen LogP contribution >= 0.6 is 0 Å². The molecule has 35 heavy (non-hydrogen) atoms. The summed E-state index contributed by atoms with van der Waals surface area (Å²) >= 11 is 0. The van der Waals surface area contributed by atoms with Crippen molar-refractivity contribution in [3.63, 3.8) is 0 Å². The van der Waals surface area contributed by atoms with Crippen LogP contribution in [0.2, 0.25) is 0 Å². The van der Waals surface area contributed by atoms with Crippen LogP contribution in [0.5, 0.6) is 5.75 Å². The van der Waals surface area contributed by atoms with Gasteiger partial charge in [0.25, 0.3) is 17.6 Å². The number of aromatic amines is 1. The number of ether oxygens (including phenoxy) is 1. The van der Waals surface area contributed by atoms with Crippen LogP contribution < -0.4 is 10.5 Å². The predicted molar refractivity (Wildman–Crippen MR) is 127 cm³/mol. The van der Waals surface area contributed by atoms with Crippen LogP contribution in [0, 0.1) is 0 Å². The van der Waals surface area contributed by atoms with Crippen LogP contribution in [0.15, 0.2) is 55.0 Å². The van der Waals surface area contributed by atoms with E-state index in [0.29, 0.717) is 46.9 Å². The second-order valence-electron chi connectivity index (χ2n) is 8.05. The third-order valence-corrected chi connectivity index (χ3v) is 6.06. The Balaban J connectivity index is 1.37. The molecule has 1 aliphatic rings. The number of pyridine rings is 1. The summed E-state index contributed by atoms with van der Waals surface area (Å²) in [7, 11) is 1.46. The fraction of sp³-hybridized carbons (Fsp3) is 0.208. The van der Waals surface area contributed by atoms with E-state index in [9.17, 15) is 14.4 Å². The number of ketones is 1. The molecule has 0 spiro atoms. The van der Waals surface area contributed by atoms with Crippen LogP contribution in [-0.2, 0) is 4.79 Å². The molecule has 5 rings (SSSR count). The maximum atomic E-state index is 13.3. The first kappa shape index (κ1) is 22.1. The van der Waals surface area contributed by atoms with Gasteiger partial charge in [-0.2, -0.15) is 9.78 Å². The van der Waals surface area contributed by atoms with Crippen LogP contribution in [0.4, 0.5) is 5.82 Å². The Morgan fingerprint density at radius 3 is 2.40 bits per heavy atom. The quantitative estimate of drug-likeness (QED) is 0.331. The second-order valence-corrected chi connectivity index (χ2v) is 8.05. The molecule has 1 fully saturated rings. The average molecular weight is 473 g/mol. The number of nitrogen functional groups attached to an aromatic ring is 1. The van der Waals surface area contributed by atoms with Gasteiger partial charge in [0.15, 0.2) is 5.82 Å². The molecule has 3 aromatic heterocycles. The lowest BCUT2D eigenvalue weighted by Gasteiger charge is -2.34. The summed E-state index contributed by atoms with van der Waals surface area (Å²) in [6.07, 6.45) is 4.46. The zero-order valence-electron chi connectivity index (χ0n) is 19.0. The number of benzene rings is 1. The lowest BCUT2D eigenvalue weighted by Crippen LogP contribution is -2.52. The molecular weight excluding hydrogens is 450 g/mol. The molecule has 0 unspecified atom stereocenters. The maximum Gasteiger partial charge on any atom is 0.295 e. The number of Topliss-reactive ketones (excluding diaryl/α,β-unsaturated/α-hetero) is 1. The summed E-state index contributed by atoms with van der Waals surface area (Å²) in [6.45, 7) is 1.21. The van der Waals surface area contributed by atoms with E-state index in [4.69, 9.17) is 10.5 Å². The van der Waals surface area contributed by atoms with Crippen LogP contribution in [0.1, 0.15) is 20.7 Å². The molecule has 1 aromatic carbocycles. The number of carbonyl (C=O) groups is 3. The van der Waals surface area contributed by atoms with Gasteiger partial charge in [-0.25, -0.2) is 4.98 Å². The lowest BCUT2D eigenvalue weighted by molar-refractivity contribution is -0.127. The number of carbonyl (C=O) groups excluding carboxylic acids is 3. The number of rotatable bonds is 5. The maximum absolute atomic E-state index is 13.3. The minimum atomic E-state index is -0.678. The number of nitrogens with one attached hydrogen (secondary N) is 1. The average Bonchev–Trinajstić information content (AvgIpc) is 3.54. The molecule has 1 aliphatic heterocycles. The molecule has 178 valence electrons. The van der Waals surface area contributed by atoms with Gasteiger partial charge in [0, 0.05) is 44.0 Å². The van der Waals surface area contributed by atoms with E-state index in [1.54, 1.807) is 23.1 Å². The van der Waals surface area contributed by atoms with Gasteiger partial charge in [0.2, 0.25) is 0 Å². The standard InChI is InChI=1S/C24H23N7O4/c1-35-17-14-27-22(31-18(25)7-8-28-31)20-19(17)16(13-26-20)21(32)24(34)30-11-9-29(10-12-30)23(33)15-5-3-2-4-6-15/h2-8,13-14,26H,9-12,25H2,1H3. The van der Waals surface area contributed by atoms with E-state index < -0.39 is 11.7 Å². The molecule has 0 saturated carbocycles. The van der Waals surface area contributed by atoms with Crippen molar-refractivity contribution in [2.75, 3.05) is 39.0 Å². The van der Waals surface area contributed by atoms with Crippen molar-refractivity contribution < 1.29 is 19.1 Å². The highest BCUT2D eigenvalue weighted by molar-refractivity contribution is 6.45. The van der Waals surface area contributed by atoms with Gasteiger partial charge < -0.3 is 25.3 Å². The van der Waals surface area contributed by atoms with Crippen LogP contribution in [0.3, 0.4) is 0 Å². The number of hydrogen-bond donors (Lipinski definition) is 2. The first-order valence-corrected chi connectivity index (χ1v) is 11.0. The fourth-order valence-electron chi connectivity index (χ4n) is 4.22. The normalized spacial score (nSPS) is 13.7.